The van der Waals surface area contributed by atoms with Crippen LogP contribution in [0.3, 0.4) is 0 Å². The van der Waals surface area contributed by atoms with E-state index >= 15 is 0 Å². The minimum atomic E-state index is 0.355. The maximum atomic E-state index is 11.1. The van der Waals surface area contributed by atoms with Gasteiger partial charge in [0.05, 0.1) is 6.26 Å². The topological polar surface area (TPSA) is 33.5 Å². The number of furan rings is 1. The summed E-state index contributed by atoms with van der Waals surface area (Å²) in [6.45, 7) is 5.74. The number of carbonyl (C=O) groups is 1. The van der Waals surface area contributed by atoms with Crippen LogP contribution in [0.15, 0.2) is 16.7 Å². The Kier molecular flexibility index (Phi) is 5.26. The number of aryl methyl sites for hydroxylation is 1. The van der Waals surface area contributed by atoms with Crippen molar-refractivity contribution in [3.8, 4) is 0 Å². The molecule has 0 unspecified atom stereocenters. The van der Waals surface area contributed by atoms with E-state index in [1.165, 1.54) is 5.56 Å². The summed E-state index contributed by atoms with van der Waals surface area (Å²) >= 11 is 0. The van der Waals surface area contributed by atoms with Crippen LogP contribution < -0.4 is 0 Å². The standard InChI is InChI=1S/C13H21NO2/c1-4-13(15)6-5-8-14(3)10-12-7-9-16-11(12)2/h7,9H,4-6,8,10H2,1-3H3. The van der Waals surface area contributed by atoms with Gasteiger partial charge in [-0.2, -0.15) is 0 Å². The molecule has 3 heteroatoms. The summed E-state index contributed by atoms with van der Waals surface area (Å²) in [5, 5.41) is 0. The van der Waals surface area contributed by atoms with E-state index < -0.39 is 0 Å². The lowest BCUT2D eigenvalue weighted by molar-refractivity contribution is -0.118. The molecule has 3 nitrogen and oxygen atoms in total. The van der Waals surface area contributed by atoms with Crippen molar-refractivity contribution in [2.75, 3.05) is 13.6 Å². The normalized spacial score (nSPS) is 11.0. The maximum absolute atomic E-state index is 11.1. The average Bonchev–Trinajstić information content (AvgIpc) is 2.64. The van der Waals surface area contributed by atoms with Crippen LogP contribution in [0.5, 0.6) is 0 Å². The van der Waals surface area contributed by atoms with Crippen LogP contribution in [0.4, 0.5) is 0 Å². The number of carbonyl (C=O) groups excluding carboxylic acids is 1. The fourth-order valence-corrected chi connectivity index (χ4v) is 1.67. The molecule has 0 saturated carbocycles. The largest absolute Gasteiger partial charge is 0.469 e. The summed E-state index contributed by atoms with van der Waals surface area (Å²) in [5.74, 6) is 1.34. The Bertz CT molecular complexity index is 330. The number of ketones is 1. The third-order valence-corrected chi connectivity index (χ3v) is 2.80. The van der Waals surface area contributed by atoms with Crippen molar-refractivity contribution in [3.63, 3.8) is 0 Å². The lowest BCUT2D eigenvalue weighted by Gasteiger charge is -2.15. The van der Waals surface area contributed by atoms with E-state index in [1.54, 1.807) is 6.26 Å². The van der Waals surface area contributed by atoms with Gasteiger partial charge in [-0.15, -0.1) is 0 Å². The molecule has 0 fully saturated rings. The van der Waals surface area contributed by atoms with Crippen LogP contribution in [-0.4, -0.2) is 24.3 Å². The minimum Gasteiger partial charge on any atom is -0.469 e. The third kappa shape index (κ3) is 4.19. The second-order valence-electron chi connectivity index (χ2n) is 4.24. The maximum Gasteiger partial charge on any atom is 0.132 e. The van der Waals surface area contributed by atoms with E-state index in [0.29, 0.717) is 18.6 Å². The van der Waals surface area contributed by atoms with E-state index in [4.69, 9.17) is 4.42 Å². The molecule has 1 rings (SSSR count). The highest BCUT2D eigenvalue weighted by Crippen LogP contribution is 2.11. The first-order valence-electron chi connectivity index (χ1n) is 5.86. The van der Waals surface area contributed by atoms with Crippen molar-refractivity contribution < 1.29 is 9.21 Å². The van der Waals surface area contributed by atoms with Gasteiger partial charge in [0.15, 0.2) is 0 Å². The zero-order valence-corrected chi connectivity index (χ0v) is 10.5. The molecule has 0 amide bonds. The summed E-state index contributed by atoms with van der Waals surface area (Å²) in [5.41, 5.74) is 1.23. The van der Waals surface area contributed by atoms with Crippen molar-refractivity contribution in [3.05, 3.63) is 23.7 Å². The van der Waals surface area contributed by atoms with Gasteiger partial charge in [0.25, 0.3) is 0 Å². The quantitative estimate of drug-likeness (QED) is 0.712. The highest BCUT2D eigenvalue weighted by atomic mass is 16.3. The molecule has 0 aliphatic carbocycles. The lowest BCUT2D eigenvalue weighted by Crippen LogP contribution is -2.19. The first kappa shape index (κ1) is 13.0. The summed E-state index contributed by atoms with van der Waals surface area (Å²) < 4.78 is 5.24. The van der Waals surface area contributed by atoms with Gasteiger partial charge in [0.1, 0.15) is 11.5 Å². The fourth-order valence-electron chi connectivity index (χ4n) is 1.67. The van der Waals surface area contributed by atoms with Gasteiger partial charge in [0, 0.05) is 24.9 Å². The van der Waals surface area contributed by atoms with Gasteiger partial charge in [0.2, 0.25) is 0 Å². The van der Waals surface area contributed by atoms with Crippen molar-refractivity contribution >= 4 is 5.78 Å². The second kappa shape index (κ2) is 6.48. The smallest absolute Gasteiger partial charge is 0.132 e. The Morgan fingerprint density at radius 1 is 1.50 bits per heavy atom. The summed E-state index contributed by atoms with van der Waals surface area (Å²) in [4.78, 5) is 13.4. The van der Waals surface area contributed by atoms with Crippen LogP contribution in [0.1, 0.15) is 37.5 Å². The molecule has 0 aromatic carbocycles. The van der Waals surface area contributed by atoms with Crippen LogP contribution >= 0.6 is 0 Å². The first-order chi connectivity index (χ1) is 7.63. The Balaban J connectivity index is 2.24. The van der Waals surface area contributed by atoms with Gasteiger partial charge >= 0.3 is 0 Å². The molecule has 1 aromatic rings. The Morgan fingerprint density at radius 3 is 2.81 bits per heavy atom. The zero-order valence-electron chi connectivity index (χ0n) is 10.5. The number of nitrogens with zero attached hydrogens (tertiary/aromatic N) is 1. The van der Waals surface area contributed by atoms with Gasteiger partial charge in [-0.05, 0) is 33.0 Å². The molecule has 90 valence electrons. The molecule has 1 heterocycles. The molecule has 0 spiro atoms. The number of rotatable bonds is 7. The molecule has 16 heavy (non-hydrogen) atoms. The summed E-state index contributed by atoms with van der Waals surface area (Å²) in [7, 11) is 2.07. The molecule has 0 bridgehead atoms. The molecule has 0 atom stereocenters. The van der Waals surface area contributed by atoms with Crippen LogP contribution in [0.25, 0.3) is 0 Å². The van der Waals surface area contributed by atoms with Crippen LogP contribution in [-0.2, 0) is 11.3 Å². The zero-order chi connectivity index (χ0) is 12.0. The van der Waals surface area contributed by atoms with Crippen molar-refractivity contribution in [1.29, 1.82) is 0 Å². The predicted octanol–water partition coefficient (Wildman–Crippen LogP) is 2.78. The first-order valence-corrected chi connectivity index (χ1v) is 5.86. The van der Waals surface area contributed by atoms with Crippen LogP contribution in [0, 0.1) is 6.92 Å². The minimum absolute atomic E-state index is 0.355. The van der Waals surface area contributed by atoms with Crippen molar-refractivity contribution in [2.24, 2.45) is 0 Å². The Morgan fingerprint density at radius 2 is 2.25 bits per heavy atom. The highest BCUT2D eigenvalue weighted by molar-refractivity contribution is 5.77. The van der Waals surface area contributed by atoms with Gasteiger partial charge < -0.3 is 9.32 Å². The SMILES string of the molecule is CCC(=O)CCCN(C)Cc1ccoc1C. The van der Waals surface area contributed by atoms with E-state index in [0.717, 1.165) is 25.3 Å². The predicted molar refractivity (Wildman–Crippen MR) is 64.3 cm³/mol. The fraction of sp³-hybridized carbons (Fsp3) is 0.615. The monoisotopic (exact) mass is 223 g/mol. The lowest BCUT2D eigenvalue weighted by atomic mass is 10.1. The molecule has 0 aliphatic heterocycles. The molecular weight excluding hydrogens is 202 g/mol. The summed E-state index contributed by atoms with van der Waals surface area (Å²) in [6, 6.07) is 2.00. The van der Waals surface area contributed by atoms with Crippen molar-refractivity contribution in [2.45, 2.75) is 39.7 Å². The Hall–Kier alpha value is -1.09. The van der Waals surface area contributed by atoms with E-state index in [9.17, 15) is 4.79 Å². The molecule has 1 aromatic heterocycles. The Labute approximate surface area is 97.4 Å². The van der Waals surface area contributed by atoms with Gasteiger partial charge in [-0.25, -0.2) is 0 Å². The molecule has 0 aliphatic rings. The highest BCUT2D eigenvalue weighted by Gasteiger charge is 2.06. The third-order valence-electron chi connectivity index (χ3n) is 2.80. The van der Waals surface area contributed by atoms with Crippen molar-refractivity contribution in [1.82, 2.24) is 4.90 Å². The molecule has 0 radical (unpaired) electrons. The molecule has 0 N–H and O–H groups in total. The number of hydrogen-bond acceptors (Lipinski definition) is 3. The molecule has 0 saturated heterocycles. The average molecular weight is 223 g/mol. The van der Waals surface area contributed by atoms with Gasteiger partial charge in [-0.3, -0.25) is 4.79 Å². The van der Waals surface area contributed by atoms with E-state index in [-0.39, 0.29) is 0 Å². The second-order valence-corrected chi connectivity index (χ2v) is 4.24. The van der Waals surface area contributed by atoms with E-state index in [1.807, 2.05) is 19.9 Å². The van der Waals surface area contributed by atoms with Gasteiger partial charge in [-0.1, -0.05) is 6.92 Å². The summed E-state index contributed by atoms with van der Waals surface area (Å²) in [6.07, 6.45) is 4.02. The molecular formula is C13H21NO2. The van der Waals surface area contributed by atoms with E-state index in [2.05, 4.69) is 11.9 Å². The number of hydrogen-bond donors (Lipinski definition) is 0. The van der Waals surface area contributed by atoms with Crippen LogP contribution in [0.2, 0.25) is 0 Å². The number of Topliss-reactive ketones (excluding diaryl/α,β-unsaturated/α-hetero) is 1.